The van der Waals surface area contributed by atoms with Crippen molar-refractivity contribution >= 4 is 60.8 Å². The molecule has 0 aromatic carbocycles. The van der Waals surface area contributed by atoms with Gasteiger partial charge in [0.25, 0.3) is 0 Å². The molecule has 0 unspecified atom stereocenters. The van der Waals surface area contributed by atoms with Crippen LogP contribution in [0.3, 0.4) is 0 Å². The fraction of sp³-hybridized carbons (Fsp3) is 0.286. The number of hydrogen-bond acceptors (Lipinski definition) is 14. The van der Waals surface area contributed by atoms with Gasteiger partial charge in [-0.05, 0) is 30.5 Å². The monoisotopic (exact) mass is 746 g/mol. The van der Waals surface area contributed by atoms with Gasteiger partial charge in [-0.25, -0.2) is 39.9 Å². The number of aromatic nitrogens is 8. The molecule has 6 aromatic rings. The SMILES string of the molecule is Clc1ncnc2scnc12.FC(F)(F)COc1ccc(CCNc2ncnc3scnc23)cn1.NCCc1ccc(OCC(F)(F)F)nc1. The van der Waals surface area contributed by atoms with Crippen LogP contribution in [0.25, 0.3) is 20.7 Å². The van der Waals surface area contributed by atoms with Gasteiger partial charge in [0, 0.05) is 31.1 Å². The Morgan fingerprint density at radius 3 is 1.71 bits per heavy atom. The summed E-state index contributed by atoms with van der Waals surface area (Å²) < 4.78 is 80.5. The molecule has 0 amide bonds. The van der Waals surface area contributed by atoms with Crippen LogP contribution in [0.15, 0.2) is 60.3 Å². The number of rotatable bonds is 10. The van der Waals surface area contributed by atoms with Gasteiger partial charge in [-0.15, -0.1) is 22.7 Å². The summed E-state index contributed by atoms with van der Waals surface area (Å²) in [5.41, 5.74) is 11.9. The topological polar surface area (TPSA) is 160 Å². The molecule has 0 aliphatic rings. The van der Waals surface area contributed by atoms with E-state index in [1.54, 1.807) is 23.2 Å². The summed E-state index contributed by atoms with van der Waals surface area (Å²) in [7, 11) is 0. The van der Waals surface area contributed by atoms with Crippen LogP contribution in [0, 0.1) is 0 Å². The molecule has 0 aliphatic heterocycles. The predicted octanol–water partition coefficient (Wildman–Crippen LogP) is 6.34. The summed E-state index contributed by atoms with van der Waals surface area (Å²) >= 11 is 8.58. The first kappa shape index (κ1) is 37.3. The van der Waals surface area contributed by atoms with Crippen molar-refractivity contribution in [2.24, 2.45) is 5.73 Å². The highest BCUT2D eigenvalue weighted by Crippen LogP contribution is 2.22. The number of alkyl halides is 6. The van der Waals surface area contributed by atoms with Crippen LogP contribution in [0.1, 0.15) is 11.1 Å². The summed E-state index contributed by atoms with van der Waals surface area (Å²) in [5.74, 6) is 0.566. The zero-order valence-electron chi connectivity index (χ0n) is 24.9. The zero-order valence-corrected chi connectivity index (χ0v) is 27.3. The molecule has 6 aromatic heterocycles. The number of nitrogens with zero attached hydrogens (tertiary/aromatic N) is 8. The van der Waals surface area contributed by atoms with Gasteiger partial charge in [0.15, 0.2) is 24.2 Å². The summed E-state index contributed by atoms with van der Waals surface area (Å²) in [6.07, 6.45) is -1.58. The lowest BCUT2D eigenvalue weighted by atomic mass is 10.2. The molecule has 3 N–H and O–H groups in total. The number of hydrogen-bond donors (Lipinski definition) is 2. The van der Waals surface area contributed by atoms with Crippen LogP contribution in [0.4, 0.5) is 32.2 Å². The molecular weight excluding hydrogens is 722 g/mol. The molecule has 0 spiro atoms. The number of anilines is 1. The largest absolute Gasteiger partial charge is 0.468 e. The third-order valence-electron chi connectivity index (χ3n) is 5.73. The van der Waals surface area contributed by atoms with E-state index in [1.807, 2.05) is 0 Å². The minimum Gasteiger partial charge on any atom is -0.468 e. The Morgan fingerprint density at radius 2 is 1.20 bits per heavy atom. The molecule has 0 bridgehead atoms. The molecule has 0 radical (unpaired) electrons. The molecule has 6 rings (SSSR count). The van der Waals surface area contributed by atoms with Crippen LogP contribution >= 0.6 is 34.3 Å². The highest BCUT2D eigenvalue weighted by Gasteiger charge is 2.29. The molecule has 0 saturated heterocycles. The first-order valence-corrected chi connectivity index (χ1v) is 16.0. The van der Waals surface area contributed by atoms with Crippen molar-refractivity contribution in [2.45, 2.75) is 25.2 Å². The van der Waals surface area contributed by atoms with Gasteiger partial charge >= 0.3 is 12.4 Å². The van der Waals surface area contributed by atoms with E-state index in [9.17, 15) is 26.3 Å². The number of nitrogens with two attached hydrogens (primary N) is 1. The van der Waals surface area contributed by atoms with E-state index in [2.05, 4.69) is 54.7 Å². The van der Waals surface area contributed by atoms with Gasteiger partial charge in [-0.3, -0.25) is 0 Å². The van der Waals surface area contributed by atoms with Crippen molar-refractivity contribution in [1.82, 2.24) is 39.9 Å². The molecule has 21 heteroatoms. The van der Waals surface area contributed by atoms with Crippen molar-refractivity contribution in [1.29, 1.82) is 0 Å². The smallest absolute Gasteiger partial charge is 0.422 e. The Hall–Kier alpha value is -4.53. The Balaban J connectivity index is 0.000000183. The molecule has 260 valence electrons. The number of thiazole rings is 2. The van der Waals surface area contributed by atoms with Gasteiger partial charge in [0.05, 0.1) is 11.0 Å². The quantitative estimate of drug-likeness (QED) is 0.119. The first-order chi connectivity index (χ1) is 23.4. The van der Waals surface area contributed by atoms with Crippen LogP contribution in [0.2, 0.25) is 5.15 Å². The first-order valence-electron chi connectivity index (χ1n) is 13.9. The zero-order chi connectivity index (χ0) is 35.3. The van der Waals surface area contributed by atoms with Gasteiger partial charge in [0.2, 0.25) is 11.8 Å². The van der Waals surface area contributed by atoms with Gasteiger partial charge < -0.3 is 20.5 Å². The fourth-order valence-corrected chi connectivity index (χ4v) is 5.07. The summed E-state index contributed by atoms with van der Waals surface area (Å²) in [6, 6.07) is 6.14. The van der Waals surface area contributed by atoms with E-state index in [0.29, 0.717) is 42.4 Å². The number of halogens is 7. The maximum atomic E-state index is 12.1. The summed E-state index contributed by atoms with van der Waals surface area (Å²) in [5, 5.41) is 3.59. The van der Waals surface area contributed by atoms with E-state index >= 15 is 0 Å². The molecular formula is C28H25ClF6N10O2S2. The Labute approximate surface area is 286 Å². The lowest BCUT2D eigenvalue weighted by molar-refractivity contribution is -0.154. The second kappa shape index (κ2) is 17.7. The molecule has 49 heavy (non-hydrogen) atoms. The van der Waals surface area contributed by atoms with Crippen molar-refractivity contribution in [3.05, 3.63) is 76.6 Å². The molecule has 0 aliphatic carbocycles. The summed E-state index contributed by atoms with van der Waals surface area (Å²) in [4.78, 5) is 33.4. The minimum atomic E-state index is -4.37. The third kappa shape index (κ3) is 12.8. The Morgan fingerprint density at radius 1 is 0.673 bits per heavy atom. The van der Waals surface area contributed by atoms with E-state index in [4.69, 9.17) is 17.3 Å². The van der Waals surface area contributed by atoms with Crippen molar-refractivity contribution in [3.63, 3.8) is 0 Å². The molecule has 0 saturated carbocycles. The van der Waals surface area contributed by atoms with Gasteiger partial charge in [0.1, 0.15) is 33.3 Å². The second-order valence-electron chi connectivity index (χ2n) is 9.43. The lowest BCUT2D eigenvalue weighted by Crippen LogP contribution is -2.19. The van der Waals surface area contributed by atoms with E-state index in [-0.39, 0.29) is 11.8 Å². The summed E-state index contributed by atoms with van der Waals surface area (Å²) in [6.45, 7) is -1.62. The normalized spacial score (nSPS) is 11.3. The molecule has 0 fully saturated rings. The van der Waals surface area contributed by atoms with Crippen LogP contribution in [-0.4, -0.2) is 78.5 Å². The Kier molecular flexibility index (Phi) is 13.5. The number of nitrogens with one attached hydrogen (secondary N) is 1. The van der Waals surface area contributed by atoms with Crippen LogP contribution in [0.5, 0.6) is 11.8 Å². The minimum absolute atomic E-state index is 0.0342. The molecule has 6 heterocycles. The van der Waals surface area contributed by atoms with Crippen molar-refractivity contribution in [3.8, 4) is 11.8 Å². The molecule has 12 nitrogen and oxygen atoms in total. The average molecular weight is 747 g/mol. The highest BCUT2D eigenvalue weighted by atomic mass is 35.5. The number of ether oxygens (including phenoxy) is 2. The predicted molar refractivity (Wildman–Crippen MR) is 172 cm³/mol. The van der Waals surface area contributed by atoms with Crippen LogP contribution in [-0.2, 0) is 12.8 Å². The number of fused-ring (bicyclic) bond motifs is 2. The van der Waals surface area contributed by atoms with Gasteiger partial charge in [-0.1, -0.05) is 23.7 Å². The highest BCUT2D eigenvalue weighted by molar-refractivity contribution is 7.16. The molecule has 0 atom stereocenters. The average Bonchev–Trinajstić information content (AvgIpc) is 3.76. The maximum absolute atomic E-state index is 12.1. The maximum Gasteiger partial charge on any atom is 0.422 e. The number of pyridine rings is 2. The van der Waals surface area contributed by atoms with E-state index < -0.39 is 25.6 Å². The second-order valence-corrected chi connectivity index (χ2v) is 11.5. The Bertz CT molecular complexity index is 1880. The van der Waals surface area contributed by atoms with Crippen molar-refractivity contribution in [2.75, 3.05) is 31.6 Å². The van der Waals surface area contributed by atoms with Crippen LogP contribution < -0.4 is 20.5 Å². The lowest BCUT2D eigenvalue weighted by Gasteiger charge is -2.09. The van der Waals surface area contributed by atoms with Crippen molar-refractivity contribution < 1.29 is 35.8 Å². The van der Waals surface area contributed by atoms with E-state index in [0.717, 1.165) is 26.3 Å². The van der Waals surface area contributed by atoms with Gasteiger partial charge in [-0.2, -0.15) is 26.3 Å². The van der Waals surface area contributed by atoms with E-state index in [1.165, 1.54) is 59.9 Å². The third-order valence-corrected chi connectivity index (χ3v) is 7.47. The fourth-order valence-electron chi connectivity index (χ4n) is 3.58. The standard InChI is InChI=1S/C14H12F3N5OS.C9H11F3N2O.C5H2ClN3S/c15-14(16,17)6-23-10-2-1-9(5-19-10)3-4-18-12-11-13(21-7-20-12)24-8-22-11;10-9(11,12)6-15-8-2-1-7(3-4-13)5-14-8;6-4-3-5(8-1-7-4)10-2-9-3/h1-2,5,7-8H,3-4,6H2,(H,18,20,21);1-2,5H,3-4,6,13H2;1-2H.